The Bertz CT molecular complexity index is 765. The van der Waals surface area contributed by atoms with Crippen LogP contribution in [0.5, 0.6) is 5.75 Å². The molecular weight excluding hydrogens is 344 g/mol. The van der Waals surface area contributed by atoms with E-state index in [-0.39, 0.29) is 11.4 Å². The molecule has 6 nitrogen and oxygen atoms in total. The van der Waals surface area contributed by atoms with Crippen LogP contribution in [0.25, 0.3) is 0 Å². The predicted molar refractivity (Wildman–Crippen MR) is 79.7 cm³/mol. The molecule has 0 saturated carbocycles. The van der Waals surface area contributed by atoms with Crippen molar-refractivity contribution in [2.75, 3.05) is 19.7 Å². The summed E-state index contributed by atoms with van der Waals surface area (Å²) in [6.07, 6.45) is 1.00. The van der Waals surface area contributed by atoms with Crippen LogP contribution in [0.2, 0.25) is 0 Å². The molecule has 1 unspecified atom stereocenters. The van der Waals surface area contributed by atoms with Gasteiger partial charge in [0.05, 0.1) is 18.0 Å². The van der Waals surface area contributed by atoms with Crippen LogP contribution in [0, 0.1) is 5.92 Å². The number of hydrogen-bond acceptors (Lipinski definition) is 4. The largest absolute Gasteiger partial charge is 0.493 e. The van der Waals surface area contributed by atoms with Gasteiger partial charge in [-0.2, -0.15) is 4.31 Å². The first kappa shape index (κ1) is 17.1. The van der Waals surface area contributed by atoms with Crippen molar-refractivity contribution in [3.63, 3.8) is 0 Å². The summed E-state index contributed by atoms with van der Waals surface area (Å²) in [5.74, 6) is -6.46. The van der Waals surface area contributed by atoms with Crippen LogP contribution in [0.1, 0.15) is 18.4 Å². The number of fused-ring (bicyclic) bond motifs is 1. The van der Waals surface area contributed by atoms with E-state index in [4.69, 9.17) is 9.84 Å². The van der Waals surface area contributed by atoms with Crippen LogP contribution in [0.15, 0.2) is 23.1 Å². The molecule has 9 heteroatoms. The predicted octanol–water partition coefficient (Wildman–Crippen LogP) is 1.74. The van der Waals surface area contributed by atoms with Gasteiger partial charge in [-0.3, -0.25) is 4.79 Å². The molecule has 1 N–H and O–H groups in total. The molecule has 1 aromatic carbocycles. The second kappa shape index (κ2) is 5.96. The van der Waals surface area contributed by atoms with Crippen LogP contribution in [-0.4, -0.2) is 49.4 Å². The van der Waals surface area contributed by atoms with E-state index in [1.54, 1.807) is 0 Å². The minimum absolute atomic E-state index is 0.0728. The summed E-state index contributed by atoms with van der Waals surface area (Å²) < 4.78 is 59.3. The van der Waals surface area contributed by atoms with Crippen molar-refractivity contribution < 1.29 is 31.8 Å². The summed E-state index contributed by atoms with van der Waals surface area (Å²) >= 11 is 0. The van der Waals surface area contributed by atoms with Crippen molar-refractivity contribution in [3.05, 3.63) is 23.8 Å². The Morgan fingerprint density at radius 3 is 2.79 bits per heavy atom. The number of aryl methyl sites for hydroxylation is 1. The third-order valence-electron chi connectivity index (χ3n) is 4.38. The Hall–Kier alpha value is -1.74. The van der Waals surface area contributed by atoms with E-state index in [0.29, 0.717) is 23.1 Å². The lowest BCUT2D eigenvalue weighted by atomic mass is 9.94. The number of hydrogen-bond donors (Lipinski definition) is 1. The molecule has 0 aromatic heterocycles. The summed E-state index contributed by atoms with van der Waals surface area (Å²) in [6, 6.07) is 4.32. The van der Waals surface area contributed by atoms with Crippen molar-refractivity contribution in [1.29, 1.82) is 0 Å². The van der Waals surface area contributed by atoms with E-state index in [2.05, 4.69) is 0 Å². The Balaban J connectivity index is 1.87. The number of sulfonamides is 1. The van der Waals surface area contributed by atoms with Crippen LogP contribution < -0.4 is 4.74 Å². The first-order chi connectivity index (χ1) is 11.2. The molecule has 1 saturated heterocycles. The van der Waals surface area contributed by atoms with Gasteiger partial charge in [0.2, 0.25) is 10.0 Å². The molecule has 24 heavy (non-hydrogen) atoms. The second-order valence-electron chi connectivity index (χ2n) is 6.00. The molecule has 0 radical (unpaired) electrons. The molecule has 132 valence electrons. The van der Waals surface area contributed by atoms with E-state index in [0.717, 1.165) is 12.0 Å². The van der Waals surface area contributed by atoms with E-state index in [1.165, 1.54) is 18.2 Å². The zero-order valence-electron chi connectivity index (χ0n) is 12.7. The van der Waals surface area contributed by atoms with Gasteiger partial charge in [-0.15, -0.1) is 0 Å². The minimum atomic E-state index is -4.11. The molecule has 1 atom stereocenters. The first-order valence-electron chi connectivity index (χ1n) is 7.58. The minimum Gasteiger partial charge on any atom is -0.493 e. The topological polar surface area (TPSA) is 83.9 Å². The monoisotopic (exact) mass is 361 g/mol. The average Bonchev–Trinajstić information content (AvgIpc) is 2.53. The summed E-state index contributed by atoms with van der Waals surface area (Å²) in [5.41, 5.74) is 0.731. The van der Waals surface area contributed by atoms with Gasteiger partial charge in [-0.25, -0.2) is 17.2 Å². The van der Waals surface area contributed by atoms with Crippen molar-refractivity contribution in [2.24, 2.45) is 5.92 Å². The lowest BCUT2D eigenvalue weighted by Gasteiger charge is -2.35. The highest BCUT2D eigenvalue weighted by Gasteiger charge is 2.51. The van der Waals surface area contributed by atoms with Crippen LogP contribution in [-0.2, 0) is 21.2 Å². The van der Waals surface area contributed by atoms with Gasteiger partial charge in [0, 0.05) is 6.54 Å². The quantitative estimate of drug-likeness (QED) is 0.887. The molecule has 2 aliphatic rings. The number of carboxylic acid groups (broad SMARTS) is 1. The maximum Gasteiger partial charge on any atom is 0.312 e. The number of alkyl halides is 2. The Kier molecular flexibility index (Phi) is 4.25. The Labute approximate surface area is 138 Å². The molecule has 0 spiro atoms. The number of carbonyl (C=O) groups is 1. The molecular formula is C15H17F2NO5S. The number of rotatable bonds is 3. The molecule has 0 amide bonds. The normalized spacial score (nSPS) is 24.0. The summed E-state index contributed by atoms with van der Waals surface area (Å²) in [4.78, 5) is 10.8. The third-order valence-corrected chi connectivity index (χ3v) is 6.22. The Morgan fingerprint density at radius 2 is 2.12 bits per heavy atom. The van der Waals surface area contributed by atoms with Gasteiger partial charge in [-0.05, 0) is 43.0 Å². The molecule has 1 fully saturated rings. The highest BCUT2D eigenvalue weighted by Crippen LogP contribution is 2.36. The number of aliphatic carboxylic acids is 1. The maximum atomic E-state index is 14.0. The van der Waals surface area contributed by atoms with Crippen LogP contribution >= 0.6 is 0 Å². The maximum absolute atomic E-state index is 14.0. The van der Waals surface area contributed by atoms with E-state index >= 15 is 0 Å². The lowest BCUT2D eigenvalue weighted by Crippen LogP contribution is -2.52. The Morgan fingerprint density at radius 1 is 1.38 bits per heavy atom. The molecule has 2 heterocycles. The SMILES string of the molecule is O=C(O)C1CCN(S(=O)(=O)c2ccc3c(c2)CCCO3)CC1(F)F. The van der Waals surface area contributed by atoms with Gasteiger partial charge in [0.15, 0.2) is 0 Å². The van der Waals surface area contributed by atoms with E-state index < -0.39 is 40.8 Å². The molecule has 1 aromatic rings. The highest BCUT2D eigenvalue weighted by molar-refractivity contribution is 7.89. The van der Waals surface area contributed by atoms with Gasteiger partial charge in [0.25, 0.3) is 5.92 Å². The summed E-state index contributed by atoms with van der Waals surface area (Å²) in [5, 5.41) is 8.85. The zero-order chi connectivity index (χ0) is 17.5. The fraction of sp³-hybridized carbons (Fsp3) is 0.533. The number of halogens is 2. The molecule has 3 rings (SSSR count). The van der Waals surface area contributed by atoms with Crippen molar-refractivity contribution in [1.82, 2.24) is 4.31 Å². The van der Waals surface area contributed by atoms with E-state index in [1.807, 2.05) is 0 Å². The fourth-order valence-electron chi connectivity index (χ4n) is 3.06. The fourth-order valence-corrected chi connectivity index (χ4v) is 4.58. The van der Waals surface area contributed by atoms with Crippen molar-refractivity contribution >= 4 is 16.0 Å². The number of nitrogens with zero attached hydrogens (tertiary/aromatic N) is 1. The molecule has 0 bridgehead atoms. The number of benzene rings is 1. The molecule has 0 aliphatic carbocycles. The van der Waals surface area contributed by atoms with Crippen molar-refractivity contribution in [3.8, 4) is 5.75 Å². The smallest absolute Gasteiger partial charge is 0.312 e. The van der Waals surface area contributed by atoms with Crippen LogP contribution in [0.4, 0.5) is 8.78 Å². The van der Waals surface area contributed by atoms with Gasteiger partial charge in [-0.1, -0.05) is 0 Å². The first-order valence-corrected chi connectivity index (χ1v) is 9.02. The highest BCUT2D eigenvalue weighted by atomic mass is 32.2. The number of ether oxygens (including phenoxy) is 1. The van der Waals surface area contributed by atoms with Gasteiger partial charge in [0.1, 0.15) is 11.7 Å². The number of carboxylic acids is 1. The van der Waals surface area contributed by atoms with Crippen molar-refractivity contribution in [2.45, 2.75) is 30.1 Å². The van der Waals surface area contributed by atoms with Crippen LogP contribution in [0.3, 0.4) is 0 Å². The summed E-state index contributed by atoms with van der Waals surface area (Å²) in [6.45, 7) is -0.809. The van der Waals surface area contributed by atoms with E-state index in [9.17, 15) is 22.0 Å². The number of piperidine rings is 1. The van der Waals surface area contributed by atoms with Gasteiger partial charge < -0.3 is 9.84 Å². The molecule has 2 aliphatic heterocycles. The lowest BCUT2D eigenvalue weighted by molar-refractivity contribution is -0.163. The average molecular weight is 361 g/mol. The van der Waals surface area contributed by atoms with Gasteiger partial charge >= 0.3 is 5.97 Å². The third kappa shape index (κ3) is 2.98. The standard InChI is InChI=1S/C15H17F2NO5S/c16-15(17)9-18(6-5-12(15)14(19)20)24(21,22)11-3-4-13-10(8-11)2-1-7-23-13/h3-4,8,12H,1-2,5-7,9H2,(H,19,20). The summed E-state index contributed by atoms with van der Waals surface area (Å²) in [7, 11) is -4.11. The second-order valence-corrected chi connectivity index (χ2v) is 7.94. The zero-order valence-corrected chi connectivity index (χ0v) is 13.6.